The van der Waals surface area contributed by atoms with Crippen LogP contribution in [-0.2, 0) is 4.74 Å². The SMILES string of the molecule is CCCCOCCCNC(=O)Nc1ccc(SC(C)(C)C)cc1. The summed E-state index contributed by atoms with van der Waals surface area (Å²) >= 11 is 1.81. The molecule has 4 nitrogen and oxygen atoms in total. The summed E-state index contributed by atoms with van der Waals surface area (Å²) in [6.07, 6.45) is 3.07. The molecule has 0 aliphatic rings. The first-order valence-electron chi connectivity index (χ1n) is 8.32. The van der Waals surface area contributed by atoms with Gasteiger partial charge in [0.05, 0.1) is 0 Å². The van der Waals surface area contributed by atoms with Crippen molar-refractivity contribution < 1.29 is 9.53 Å². The van der Waals surface area contributed by atoms with Crippen LogP contribution in [0.2, 0.25) is 0 Å². The number of urea groups is 1. The number of hydrogen-bond donors (Lipinski definition) is 2. The molecule has 0 radical (unpaired) electrons. The molecule has 2 N–H and O–H groups in total. The van der Waals surface area contributed by atoms with Crippen molar-refractivity contribution >= 4 is 23.5 Å². The van der Waals surface area contributed by atoms with Crippen LogP contribution in [0.5, 0.6) is 0 Å². The largest absolute Gasteiger partial charge is 0.381 e. The quantitative estimate of drug-likeness (QED) is 0.497. The van der Waals surface area contributed by atoms with E-state index in [9.17, 15) is 4.79 Å². The van der Waals surface area contributed by atoms with Crippen LogP contribution < -0.4 is 10.6 Å². The van der Waals surface area contributed by atoms with Gasteiger partial charge in [0.25, 0.3) is 0 Å². The van der Waals surface area contributed by atoms with Crippen LogP contribution in [0.3, 0.4) is 0 Å². The van der Waals surface area contributed by atoms with Crippen LogP contribution >= 0.6 is 11.8 Å². The van der Waals surface area contributed by atoms with Crippen molar-refractivity contribution in [1.29, 1.82) is 0 Å². The fourth-order valence-electron chi connectivity index (χ4n) is 1.86. The number of amides is 2. The molecule has 130 valence electrons. The smallest absolute Gasteiger partial charge is 0.319 e. The van der Waals surface area contributed by atoms with Gasteiger partial charge >= 0.3 is 6.03 Å². The second-order valence-corrected chi connectivity index (χ2v) is 8.34. The third-order valence-corrected chi connectivity index (χ3v) is 4.05. The molecule has 0 atom stereocenters. The normalized spacial score (nSPS) is 11.3. The number of carbonyl (C=O) groups excluding carboxylic acids is 1. The Bertz CT molecular complexity index is 455. The van der Waals surface area contributed by atoms with Crippen molar-refractivity contribution in [2.24, 2.45) is 0 Å². The van der Waals surface area contributed by atoms with Gasteiger partial charge in [-0.2, -0.15) is 0 Å². The van der Waals surface area contributed by atoms with E-state index < -0.39 is 0 Å². The minimum absolute atomic E-state index is 0.171. The fraction of sp³-hybridized carbons (Fsp3) is 0.611. The molecule has 0 saturated carbocycles. The van der Waals surface area contributed by atoms with Crippen LogP contribution in [0.25, 0.3) is 0 Å². The number of thioether (sulfide) groups is 1. The Kier molecular flexibility index (Phi) is 9.10. The Morgan fingerprint density at radius 1 is 1.13 bits per heavy atom. The lowest BCUT2D eigenvalue weighted by atomic mass is 10.3. The molecule has 0 aliphatic carbocycles. The number of rotatable bonds is 9. The summed E-state index contributed by atoms with van der Waals surface area (Å²) in [6, 6.07) is 7.76. The Balaban J connectivity index is 2.21. The molecular formula is C18H30N2O2S. The first-order valence-corrected chi connectivity index (χ1v) is 9.14. The molecule has 0 fully saturated rings. The van der Waals surface area contributed by atoms with E-state index in [-0.39, 0.29) is 10.8 Å². The molecule has 0 unspecified atom stereocenters. The van der Waals surface area contributed by atoms with Crippen molar-refractivity contribution in [2.75, 3.05) is 25.1 Å². The highest BCUT2D eigenvalue weighted by Gasteiger charge is 2.11. The summed E-state index contributed by atoms with van der Waals surface area (Å²) in [6.45, 7) is 10.8. The Hall–Kier alpha value is -1.20. The predicted molar refractivity (Wildman–Crippen MR) is 99.4 cm³/mol. The maximum Gasteiger partial charge on any atom is 0.319 e. The molecule has 0 saturated heterocycles. The number of unbranched alkanes of at least 4 members (excludes halogenated alkanes) is 1. The van der Waals surface area contributed by atoms with E-state index in [2.05, 4.69) is 38.3 Å². The third-order valence-electron chi connectivity index (χ3n) is 2.93. The lowest BCUT2D eigenvalue weighted by Gasteiger charge is -2.17. The maximum absolute atomic E-state index is 11.8. The molecule has 5 heteroatoms. The van der Waals surface area contributed by atoms with Gasteiger partial charge in [-0.05, 0) is 37.1 Å². The lowest BCUT2D eigenvalue weighted by molar-refractivity contribution is 0.129. The Morgan fingerprint density at radius 3 is 2.39 bits per heavy atom. The highest BCUT2D eigenvalue weighted by molar-refractivity contribution is 8.00. The van der Waals surface area contributed by atoms with E-state index in [0.717, 1.165) is 31.6 Å². The molecule has 1 aromatic rings. The molecule has 23 heavy (non-hydrogen) atoms. The summed E-state index contributed by atoms with van der Waals surface area (Å²) < 4.78 is 5.64. The zero-order valence-corrected chi connectivity index (χ0v) is 15.6. The minimum Gasteiger partial charge on any atom is -0.381 e. The summed E-state index contributed by atoms with van der Waals surface area (Å²) in [5, 5.41) is 5.68. The standard InChI is InChI=1S/C18H30N2O2S/c1-5-6-13-22-14-7-12-19-17(21)20-15-8-10-16(11-9-15)23-18(2,3)4/h8-11H,5-7,12-14H2,1-4H3,(H2,19,20,21). The van der Waals surface area contributed by atoms with Crippen molar-refractivity contribution in [2.45, 2.75) is 56.6 Å². The Morgan fingerprint density at radius 2 is 1.78 bits per heavy atom. The molecule has 1 rings (SSSR count). The topological polar surface area (TPSA) is 50.4 Å². The second kappa shape index (κ2) is 10.6. The van der Waals surface area contributed by atoms with E-state index in [1.165, 1.54) is 4.90 Å². The fourth-order valence-corrected chi connectivity index (χ4v) is 2.84. The molecule has 0 heterocycles. The van der Waals surface area contributed by atoms with Gasteiger partial charge in [0.2, 0.25) is 0 Å². The molecular weight excluding hydrogens is 308 g/mol. The van der Waals surface area contributed by atoms with Crippen molar-refractivity contribution in [1.82, 2.24) is 5.32 Å². The van der Waals surface area contributed by atoms with E-state index in [1.807, 2.05) is 36.0 Å². The maximum atomic E-state index is 11.8. The van der Waals surface area contributed by atoms with Crippen molar-refractivity contribution in [3.8, 4) is 0 Å². The summed E-state index contributed by atoms with van der Waals surface area (Å²) in [5.74, 6) is 0. The lowest BCUT2D eigenvalue weighted by Crippen LogP contribution is -2.30. The first-order chi connectivity index (χ1) is 10.9. The van der Waals surface area contributed by atoms with Gasteiger partial charge in [0.1, 0.15) is 0 Å². The number of benzene rings is 1. The third kappa shape index (κ3) is 10.2. The van der Waals surface area contributed by atoms with Crippen LogP contribution in [0.1, 0.15) is 47.0 Å². The number of ether oxygens (including phenoxy) is 1. The minimum atomic E-state index is -0.171. The zero-order chi connectivity index (χ0) is 17.1. The van der Waals surface area contributed by atoms with E-state index >= 15 is 0 Å². The zero-order valence-electron chi connectivity index (χ0n) is 14.8. The van der Waals surface area contributed by atoms with E-state index in [1.54, 1.807) is 0 Å². The van der Waals surface area contributed by atoms with Crippen LogP contribution in [-0.4, -0.2) is 30.5 Å². The summed E-state index contributed by atoms with van der Waals surface area (Å²) in [5.41, 5.74) is 0.806. The van der Waals surface area contributed by atoms with Crippen LogP contribution in [0, 0.1) is 0 Å². The number of anilines is 1. The molecule has 2 amide bonds. The highest BCUT2D eigenvalue weighted by atomic mass is 32.2. The average molecular weight is 339 g/mol. The summed E-state index contributed by atoms with van der Waals surface area (Å²) in [7, 11) is 0. The predicted octanol–water partition coefficient (Wildman–Crippen LogP) is 4.91. The second-order valence-electron chi connectivity index (χ2n) is 6.44. The number of nitrogens with one attached hydrogen (secondary N) is 2. The Labute approximate surface area is 144 Å². The van der Waals surface area contributed by atoms with Crippen LogP contribution in [0.15, 0.2) is 29.2 Å². The number of hydrogen-bond acceptors (Lipinski definition) is 3. The average Bonchev–Trinajstić information content (AvgIpc) is 2.47. The van der Waals surface area contributed by atoms with Crippen LogP contribution in [0.4, 0.5) is 10.5 Å². The van der Waals surface area contributed by atoms with Gasteiger partial charge in [-0.15, -0.1) is 11.8 Å². The number of carbonyl (C=O) groups is 1. The summed E-state index contributed by atoms with van der Waals surface area (Å²) in [4.78, 5) is 13.0. The molecule has 1 aromatic carbocycles. The van der Waals surface area contributed by atoms with Gasteiger partial charge < -0.3 is 15.4 Å². The van der Waals surface area contributed by atoms with Gasteiger partial charge in [0.15, 0.2) is 0 Å². The van der Waals surface area contributed by atoms with Gasteiger partial charge in [0, 0.05) is 35.1 Å². The highest BCUT2D eigenvalue weighted by Crippen LogP contribution is 2.32. The van der Waals surface area contributed by atoms with Gasteiger partial charge in [-0.25, -0.2) is 4.79 Å². The molecule has 0 aromatic heterocycles. The van der Waals surface area contributed by atoms with E-state index in [0.29, 0.717) is 13.2 Å². The monoisotopic (exact) mass is 338 g/mol. The molecule has 0 spiro atoms. The molecule has 0 aliphatic heterocycles. The van der Waals surface area contributed by atoms with Gasteiger partial charge in [-0.1, -0.05) is 34.1 Å². The van der Waals surface area contributed by atoms with E-state index in [4.69, 9.17) is 4.74 Å². The van der Waals surface area contributed by atoms with Crippen molar-refractivity contribution in [3.63, 3.8) is 0 Å². The van der Waals surface area contributed by atoms with Gasteiger partial charge in [-0.3, -0.25) is 0 Å². The first kappa shape index (κ1) is 19.8. The molecule has 0 bridgehead atoms. The van der Waals surface area contributed by atoms with Crippen molar-refractivity contribution in [3.05, 3.63) is 24.3 Å².